The number of nitro benzene ring substituents is 1. The summed E-state index contributed by atoms with van der Waals surface area (Å²) in [5.74, 6) is -4.38. The molecule has 1 aliphatic heterocycles. The van der Waals surface area contributed by atoms with Crippen LogP contribution in [0.5, 0.6) is 0 Å². The number of amides is 1. The van der Waals surface area contributed by atoms with E-state index in [0.717, 1.165) is 6.26 Å². The predicted octanol–water partition coefficient (Wildman–Crippen LogP) is -0.567. The molecule has 1 saturated heterocycles. The van der Waals surface area contributed by atoms with E-state index in [9.17, 15) is 38.4 Å². The number of nitrogens with one attached hydrogen (secondary N) is 1. The van der Waals surface area contributed by atoms with Crippen molar-refractivity contribution in [2.75, 3.05) is 39.1 Å². The molecule has 0 saturated carbocycles. The summed E-state index contributed by atoms with van der Waals surface area (Å²) >= 11 is 0. The Bertz CT molecular complexity index is 1160. The van der Waals surface area contributed by atoms with Crippen LogP contribution >= 0.6 is 0 Å². The van der Waals surface area contributed by atoms with Crippen LogP contribution in [0, 0.1) is 16.0 Å². The van der Waals surface area contributed by atoms with Gasteiger partial charge < -0.3 is 29.8 Å². The summed E-state index contributed by atoms with van der Waals surface area (Å²) in [4.78, 5) is 49.9. The Labute approximate surface area is 211 Å². The topological polar surface area (TPSA) is 214 Å². The highest BCUT2D eigenvalue weighted by Gasteiger charge is 2.48. The number of hydrogen-bond donors (Lipinski definition) is 1. The van der Waals surface area contributed by atoms with Crippen molar-refractivity contribution in [2.24, 2.45) is 5.92 Å². The minimum atomic E-state index is -3.59. The number of carbonyl (C=O) groups is 3. The number of non-ortho nitro benzene ring substituents is 1. The summed E-state index contributed by atoms with van der Waals surface area (Å²) in [7, 11) is -2.12. The lowest BCUT2D eigenvalue weighted by molar-refractivity contribution is -0.384. The molecule has 1 unspecified atom stereocenters. The molecular formula is C21H26N4O11S. The second-order valence-corrected chi connectivity index (χ2v) is 10.2. The molecular weight excluding hydrogens is 516 g/mol. The third-order valence-electron chi connectivity index (χ3n) is 5.21. The maximum atomic E-state index is 12.6. The molecule has 1 amide bonds. The molecule has 0 spiro atoms. The Morgan fingerprint density at radius 2 is 1.92 bits per heavy atom. The van der Waals surface area contributed by atoms with E-state index in [1.165, 1.54) is 31.4 Å². The third kappa shape index (κ3) is 9.11. The van der Waals surface area contributed by atoms with E-state index in [2.05, 4.69) is 10.1 Å². The molecule has 1 fully saturated rings. The molecule has 15 nitrogen and oxygen atoms in total. The lowest BCUT2D eigenvalue weighted by atomic mass is 9.82. The monoisotopic (exact) mass is 542 g/mol. The summed E-state index contributed by atoms with van der Waals surface area (Å²) in [5.41, 5.74) is 8.48. The van der Waals surface area contributed by atoms with Crippen LogP contribution in [-0.4, -0.2) is 92.8 Å². The van der Waals surface area contributed by atoms with E-state index < -0.39 is 68.4 Å². The number of nitro groups is 1. The van der Waals surface area contributed by atoms with Crippen LogP contribution < -0.4 is 5.32 Å². The summed E-state index contributed by atoms with van der Waals surface area (Å²) in [6.45, 7) is -0.255. The maximum absolute atomic E-state index is 12.6. The van der Waals surface area contributed by atoms with E-state index in [0.29, 0.717) is 5.56 Å². The molecule has 2 rings (SSSR count). The summed E-state index contributed by atoms with van der Waals surface area (Å²) in [6.07, 6.45) is -0.687. The highest BCUT2D eigenvalue weighted by Crippen LogP contribution is 2.26. The summed E-state index contributed by atoms with van der Waals surface area (Å²) < 4.78 is 44.1. The van der Waals surface area contributed by atoms with Crippen LogP contribution in [0.1, 0.15) is 12.0 Å². The van der Waals surface area contributed by atoms with E-state index in [4.69, 9.17) is 18.9 Å². The largest absolute Gasteiger partial charge is 0.452 e. The Kier molecular flexibility index (Phi) is 11.0. The zero-order chi connectivity index (χ0) is 27.6. The number of benzene rings is 1. The van der Waals surface area contributed by atoms with Gasteiger partial charge in [-0.2, -0.15) is 4.79 Å². The highest BCUT2D eigenvalue weighted by molar-refractivity contribution is 7.90. The first-order valence-corrected chi connectivity index (χ1v) is 12.8. The van der Waals surface area contributed by atoms with Gasteiger partial charge in [-0.05, 0) is 17.7 Å². The van der Waals surface area contributed by atoms with Gasteiger partial charge in [0.15, 0.2) is 0 Å². The van der Waals surface area contributed by atoms with E-state index in [1.807, 2.05) is 0 Å². The standard InChI is InChI=1S/C21H26N4O11S/c1-33-7-8-34-12-36-17(11-37(2,31)32)18-15(23-20(18)27)9-16(26)19(24-22)21(28)35-10-13-3-5-14(6-4-13)25(29)30/h3-6,15,17-18H,7-12H2,1-2H3,(H,23,27)/t15-,17?,18-/m1/s1. The average molecular weight is 543 g/mol. The average Bonchev–Trinajstić information content (AvgIpc) is 2.81. The lowest BCUT2D eigenvalue weighted by Gasteiger charge is -2.40. The second-order valence-electron chi connectivity index (χ2n) is 8.03. The summed E-state index contributed by atoms with van der Waals surface area (Å²) in [6, 6.07) is 4.18. The normalized spacial score (nSPS) is 17.6. The molecule has 3 atom stereocenters. The zero-order valence-corrected chi connectivity index (χ0v) is 20.8. The molecule has 0 aliphatic carbocycles. The number of methoxy groups -OCH3 is 1. The Morgan fingerprint density at radius 3 is 2.46 bits per heavy atom. The molecule has 37 heavy (non-hydrogen) atoms. The number of hydrogen-bond acceptors (Lipinski definition) is 11. The molecule has 1 heterocycles. The van der Waals surface area contributed by atoms with Crippen molar-refractivity contribution >= 4 is 38.9 Å². The predicted molar refractivity (Wildman–Crippen MR) is 124 cm³/mol. The van der Waals surface area contributed by atoms with E-state index in [1.54, 1.807) is 0 Å². The van der Waals surface area contributed by atoms with Crippen LogP contribution in [0.3, 0.4) is 0 Å². The number of nitrogens with zero attached hydrogens (tertiary/aromatic N) is 3. The number of ether oxygens (including phenoxy) is 4. The first kappa shape index (κ1) is 29.7. The summed E-state index contributed by atoms with van der Waals surface area (Å²) in [5, 5.41) is 13.2. The molecule has 0 bridgehead atoms. The van der Waals surface area contributed by atoms with E-state index >= 15 is 0 Å². The van der Waals surface area contributed by atoms with Crippen molar-refractivity contribution in [3.8, 4) is 0 Å². The molecule has 0 aromatic heterocycles. The fraction of sp³-hybridized carbons (Fsp3) is 0.524. The van der Waals surface area contributed by atoms with Crippen LogP contribution in [-0.2, 0) is 49.8 Å². The van der Waals surface area contributed by atoms with Crippen molar-refractivity contribution in [3.63, 3.8) is 0 Å². The molecule has 1 aliphatic rings. The fourth-order valence-electron chi connectivity index (χ4n) is 3.39. The van der Waals surface area contributed by atoms with Gasteiger partial charge in [-0.15, -0.1) is 0 Å². The molecule has 0 radical (unpaired) electrons. The van der Waals surface area contributed by atoms with Gasteiger partial charge in [0, 0.05) is 31.9 Å². The van der Waals surface area contributed by atoms with Crippen LogP contribution in [0.15, 0.2) is 24.3 Å². The van der Waals surface area contributed by atoms with Gasteiger partial charge in [0.1, 0.15) is 23.2 Å². The Balaban J connectivity index is 2.00. The molecule has 202 valence electrons. The van der Waals surface area contributed by atoms with Gasteiger partial charge in [-0.3, -0.25) is 19.7 Å². The first-order valence-electron chi connectivity index (χ1n) is 10.8. The molecule has 16 heteroatoms. The zero-order valence-electron chi connectivity index (χ0n) is 20.0. The van der Waals surface area contributed by atoms with Crippen LogP contribution in [0.2, 0.25) is 0 Å². The van der Waals surface area contributed by atoms with Crippen molar-refractivity contribution in [1.29, 1.82) is 0 Å². The highest BCUT2D eigenvalue weighted by atomic mass is 32.2. The van der Waals surface area contributed by atoms with Gasteiger partial charge in [0.05, 0.1) is 42.0 Å². The molecule has 1 aromatic rings. The van der Waals surface area contributed by atoms with Gasteiger partial charge >= 0.3 is 11.7 Å². The van der Waals surface area contributed by atoms with Gasteiger partial charge in [0.25, 0.3) is 11.5 Å². The quantitative estimate of drug-likeness (QED) is 0.0267. The van der Waals surface area contributed by atoms with Crippen molar-refractivity contribution < 1.29 is 51.5 Å². The Morgan fingerprint density at radius 1 is 1.24 bits per heavy atom. The first-order chi connectivity index (χ1) is 17.5. The number of β-lactam (4-membered cyclic amide) rings is 1. The number of Topliss-reactive ketones (excluding diaryl/α,β-unsaturated/α-hetero) is 1. The maximum Gasteiger partial charge on any atom is 0.441 e. The van der Waals surface area contributed by atoms with Crippen molar-refractivity contribution in [2.45, 2.75) is 25.2 Å². The Hall–Kier alpha value is -3.56. The third-order valence-corrected chi connectivity index (χ3v) is 6.14. The van der Waals surface area contributed by atoms with E-state index in [-0.39, 0.29) is 32.3 Å². The van der Waals surface area contributed by atoms with Crippen molar-refractivity contribution in [1.82, 2.24) is 5.32 Å². The number of sulfone groups is 1. The van der Waals surface area contributed by atoms with Crippen molar-refractivity contribution in [3.05, 3.63) is 45.5 Å². The fourth-order valence-corrected chi connectivity index (χ4v) is 4.29. The number of rotatable bonds is 16. The van der Waals surface area contributed by atoms with Gasteiger partial charge in [-0.25, -0.2) is 13.2 Å². The number of esters is 1. The SMILES string of the molecule is COCCOCOC(CS(C)(=O)=O)[C@@H]1C(=O)N[C@@H]1CC(=O)C(=[N+]=[N-])C(=O)OCc1ccc([N+](=O)[O-])cc1. The van der Waals surface area contributed by atoms with Gasteiger partial charge in [0.2, 0.25) is 5.91 Å². The van der Waals surface area contributed by atoms with Crippen LogP contribution in [0.4, 0.5) is 5.69 Å². The smallest absolute Gasteiger partial charge is 0.441 e. The molecule has 1 N–H and O–H groups in total. The molecule has 1 aromatic carbocycles. The number of ketones is 1. The second kappa shape index (κ2) is 13.7. The van der Waals surface area contributed by atoms with Crippen LogP contribution in [0.25, 0.3) is 5.53 Å². The van der Waals surface area contributed by atoms with Gasteiger partial charge in [-0.1, -0.05) is 0 Å². The lowest BCUT2D eigenvalue weighted by Crippen LogP contribution is -2.64. The number of carbonyl (C=O) groups excluding carboxylic acids is 3. The minimum Gasteiger partial charge on any atom is -0.452 e. The minimum absolute atomic E-state index is 0.166.